The van der Waals surface area contributed by atoms with E-state index in [1.165, 1.54) is 25.7 Å². The molecular weight excluding hydrogens is 238 g/mol. The number of hydrogen-bond donors (Lipinski definition) is 1. The average molecular weight is 263 g/mol. The van der Waals surface area contributed by atoms with Gasteiger partial charge in [-0.15, -0.1) is 0 Å². The first-order valence-electron chi connectivity index (χ1n) is 7.17. The van der Waals surface area contributed by atoms with Gasteiger partial charge in [0.25, 0.3) is 0 Å². The Balaban J connectivity index is 2.14. The van der Waals surface area contributed by atoms with Crippen LogP contribution in [0.1, 0.15) is 49.8 Å². The number of hydrogen-bond acceptors (Lipinski definition) is 3. The van der Waals surface area contributed by atoms with E-state index in [0.717, 1.165) is 23.4 Å². The Morgan fingerprint density at radius 2 is 2.05 bits per heavy atom. The van der Waals surface area contributed by atoms with E-state index in [0.29, 0.717) is 6.04 Å². The molecule has 1 aromatic rings. The first kappa shape index (κ1) is 14.4. The SMILES string of the molecule is COc1ccc(C(C)O)cc1CN(C)C1CCCC1. The number of aliphatic hydroxyl groups is 1. The normalized spacial score (nSPS) is 17.9. The van der Waals surface area contributed by atoms with E-state index in [1.807, 2.05) is 12.1 Å². The second kappa shape index (κ2) is 6.40. The van der Waals surface area contributed by atoms with Crippen LogP contribution in [0.3, 0.4) is 0 Å². The molecule has 3 nitrogen and oxygen atoms in total. The smallest absolute Gasteiger partial charge is 0.123 e. The molecule has 106 valence electrons. The number of nitrogens with zero attached hydrogens (tertiary/aromatic N) is 1. The molecule has 3 heteroatoms. The Morgan fingerprint density at radius 1 is 1.37 bits per heavy atom. The predicted molar refractivity (Wildman–Crippen MR) is 77.4 cm³/mol. The van der Waals surface area contributed by atoms with Gasteiger partial charge in [0.2, 0.25) is 0 Å². The van der Waals surface area contributed by atoms with Crippen LogP contribution in [0.2, 0.25) is 0 Å². The molecule has 0 spiro atoms. The van der Waals surface area contributed by atoms with E-state index >= 15 is 0 Å². The first-order valence-corrected chi connectivity index (χ1v) is 7.17. The third-order valence-electron chi connectivity index (χ3n) is 4.15. The van der Waals surface area contributed by atoms with Gasteiger partial charge in [-0.3, -0.25) is 4.90 Å². The quantitative estimate of drug-likeness (QED) is 0.886. The van der Waals surface area contributed by atoms with E-state index < -0.39 is 6.10 Å². The zero-order chi connectivity index (χ0) is 13.8. The van der Waals surface area contributed by atoms with Crippen LogP contribution in [-0.2, 0) is 6.54 Å². The molecule has 0 bridgehead atoms. The lowest BCUT2D eigenvalue weighted by atomic mass is 10.0. The molecule has 0 saturated heterocycles. The van der Waals surface area contributed by atoms with Crippen molar-refractivity contribution < 1.29 is 9.84 Å². The summed E-state index contributed by atoms with van der Waals surface area (Å²) in [6, 6.07) is 6.65. The minimum atomic E-state index is -0.429. The minimum Gasteiger partial charge on any atom is -0.496 e. The van der Waals surface area contributed by atoms with Gasteiger partial charge < -0.3 is 9.84 Å². The molecule has 1 aliphatic rings. The van der Waals surface area contributed by atoms with E-state index in [-0.39, 0.29) is 0 Å². The molecule has 1 unspecified atom stereocenters. The van der Waals surface area contributed by atoms with Gasteiger partial charge >= 0.3 is 0 Å². The van der Waals surface area contributed by atoms with Crippen LogP contribution in [0.25, 0.3) is 0 Å². The second-order valence-electron chi connectivity index (χ2n) is 5.60. The van der Waals surface area contributed by atoms with Gasteiger partial charge in [-0.05, 0) is 44.5 Å². The van der Waals surface area contributed by atoms with Crippen molar-refractivity contribution in [2.45, 2.75) is 51.3 Å². The van der Waals surface area contributed by atoms with Crippen LogP contribution in [0.4, 0.5) is 0 Å². The van der Waals surface area contributed by atoms with Crippen molar-refractivity contribution >= 4 is 0 Å². The second-order valence-corrected chi connectivity index (χ2v) is 5.60. The third-order valence-corrected chi connectivity index (χ3v) is 4.15. The fourth-order valence-electron chi connectivity index (χ4n) is 2.92. The van der Waals surface area contributed by atoms with E-state index in [4.69, 9.17) is 4.74 Å². The van der Waals surface area contributed by atoms with Crippen molar-refractivity contribution in [3.05, 3.63) is 29.3 Å². The fourth-order valence-corrected chi connectivity index (χ4v) is 2.92. The van der Waals surface area contributed by atoms with Crippen LogP contribution in [0, 0.1) is 0 Å². The Morgan fingerprint density at radius 3 is 2.63 bits per heavy atom. The fraction of sp³-hybridized carbons (Fsp3) is 0.625. The van der Waals surface area contributed by atoms with Crippen molar-refractivity contribution in [1.82, 2.24) is 4.90 Å². The Hall–Kier alpha value is -1.06. The maximum Gasteiger partial charge on any atom is 0.123 e. The molecule has 1 aliphatic carbocycles. The van der Waals surface area contributed by atoms with Gasteiger partial charge in [-0.1, -0.05) is 18.9 Å². The molecule has 0 aliphatic heterocycles. The summed E-state index contributed by atoms with van der Waals surface area (Å²) in [5, 5.41) is 9.70. The van der Waals surface area contributed by atoms with Gasteiger partial charge in [0.1, 0.15) is 5.75 Å². The molecule has 0 amide bonds. The topological polar surface area (TPSA) is 32.7 Å². The predicted octanol–water partition coefficient (Wildman–Crippen LogP) is 3.12. The van der Waals surface area contributed by atoms with Crippen LogP contribution >= 0.6 is 0 Å². The first-order chi connectivity index (χ1) is 9.11. The summed E-state index contributed by atoms with van der Waals surface area (Å²) >= 11 is 0. The summed E-state index contributed by atoms with van der Waals surface area (Å²) in [7, 11) is 3.89. The average Bonchev–Trinajstić information content (AvgIpc) is 2.92. The number of rotatable bonds is 5. The Labute approximate surface area is 116 Å². The molecule has 1 fully saturated rings. The number of aliphatic hydroxyl groups excluding tert-OH is 1. The Bertz CT molecular complexity index is 411. The van der Waals surface area contributed by atoms with Crippen molar-refractivity contribution in [1.29, 1.82) is 0 Å². The molecule has 19 heavy (non-hydrogen) atoms. The van der Waals surface area contributed by atoms with Gasteiger partial charge in [0.15, 0.2) is 0 Å². The minimum absolute atomic E-state index is 0.429. The van der Waals surface area contributed by atoms with Crippen molar-refractivity contribution in [3.63, 3.8) is 0 Å². The zero-order valence-electron chi connectivity index (χ0n) is 12.2. The van der Waals surface area contributed by atoms with E-state index in [1.54, 1.807) is 14.0 Å². The summed E-state index contributed by atoms with van der Waals surface area (Å²) < 4.78 is 5.44. The molecule has 1 aromatic carbocycles. The summed E-state index contributed by atoms with van der Waals surface area (Å²) in [5.41, 5.74) is 2.12. The van der Waals surface area contributed by atoms with Gasteiger partial charge in [0, 0.05) is 18.2 Å². The number of benzene rings is 1. The highest BCUT2D eigenvalue weighted by Gasteiger charge is 2.20. The highest BCUT2D eigenvalue weighted by molar-refractivity contribution is 5.38. The summed E-state index contributed by atoms with van der Waals surface area (Å²) in [4.78, 5) is 2.41. The summed E-state index contributed by atoms with van der Waals surface area (Å²) in [5.74, 6) is 0.911. The van der Waals surface area contributed by atoms with Gasteiger partial charge in [-0.25, -0.2) is 0 Å². The molecule has 1 atom stereocenters. The van der Waals surface area contributed by atoms with Crippen LogP contribution in [-0.4, -0.2) is 30.2 Å². The maximum absolute atomic E-state index is 9.70. The number of ether oxygens (including phenoxy) is 1. The monoisotopic (exact) mass is 263 g/mol. The van der Waals surface area contributed by atoms with Crippen molar-refractivity contribution in [2.24, 2.45) is 0 Å². The standard InChI is InChI=1S/C16H25NO2/c1-12(18)13-8-9-16(19-3)14(10-13)11-17(2)15-6-4-5-7-15/h8-10,12,15,18H,4-7,11H2,1-3H3. The molecule has 0 heterocycles. The van der Waals surface area contributed by atoms with Gasteiger partial charge in [0.05, 0.1) is 13.2 Å². The van der Waals surface area contributed by atoms with Crippen LogP contribution in [0.5, 0.6) is 5.75 Å². The van der Waals surface area contributed by atoms with Crippen molar-refractivity contribution in [3.8, 4) is 5.75 Å². The van der Waals surface area contributed by atoms with Crippen molar-refractivity contribution in [2.75, 3.05) is 14.2 Å². The highest BCUT2D eigenvalue weighted by Crippen LogP contribution is 2.28. The van der Waals surface area contributed by atoms with E-state index in [2.05, 4.69) is 18.0 Å². The molecule has 1 saturated carbocycles. The highest BCUT2D eigenvalue weighted by atomic mass is 16.5. The number of methoxy groups -OCH3 is 1. The molecular formula is C16H25NO2. The lowest BCUT2D eigenvalue weighted by Gasteiger charge is -2.25. The zero-order valence-corrected chi connectivity index (χ0v) is 12.2. The van der Waals surface area contributed by atoms with Crippen LogP contribution < -0.4 is 4.74 Å². The lowest BCUT2D eigenvalue weighted by molar-refractivity contribution is 0.198. The molecule has 1 N–H and O–H groups in total. The lowest BCUT2D eigenvalue weighted by Crippen LogP contribution is -2.28. The maximum atomic E-state index is 9.70. The van der Waals surface area contributed by atoms with E-state index in [9.17, 15) is 5.11 Å². The molecule has 0 radical (unpaired) electrons. The van der Waals surface area contributed by atoms with Crippen LogP contribution in [0.15, 0.2) is 18.2 Å². The molecule has 2 rings (SSSR count). The molecule has 0 aromatic heterocycles. The summed E-state index contributed by atoms with van der Waals surface area (Å²) in [6.45, 7) is 2.68. The third kappa shape index (κ3) is 3.48. The van der Waals surface area contributed by atoms with Gasteiger partial charge in [-0.2, -0.15) is 0 Å². The largest absolute Gasteiger partial charge is 0.496 e. The Kier molecular flexibility index (Phi) is 4.83. The summed E-state index contributed by atoms with van der Waals surface area (Å²) in [6.07, 6.45) is 4.87.